The minimum atomic E-state index is 0.0412. The number of ether oxygens (including phenoxy) is 1. The van der Waals surface area contributed by atoms with E-state index in [1.807, 2.05) is 20.2 Å². The maximum absolute atomic E-state index is 12.1. The van der Waals surface area contributed by atoms with Crippen molar-refractivity contribution in [2.24, 2.45) is 13.0 Å². The first-order valence-electron chi connectivity index (χ1n) is 5.37. The highest BCUT2D eigenvalue weighted by Crippen LogP contribution is 2.20. The molecule has 0 saturated carbocycles. The Balaban J connectivity index is 2.23. The Kier molecular flexibility index (Phi) is 2.86. The van der Waals surface area contributed by atoms with E-state index in [4.69, 9.17) is 4.74 Å². The summed E-state index contributed by atoms with van der Waals surface area (Å²) in [5.74, 6) is 0.233. The summed E-state index contributed by atoms with van der Waals surface area (Å²) in [5, 5.41) is 4.28. The first-order chi connectivity index (χ1) is 7.22. The van der Waals surface area contributed by atoms with Crippen molar-refractivity contribution < 1.29 is 9.53 Å². The topological polar surface area (TPSA) is 44.1 Å². The van der Waals surface area contributed by atoms with E-state index in [1.165, 1.54) is 0 Å². The second-order valence-corrected chi connectivity index (χ2v) is 3.94. The summed E-state index contributed by atoms with van der Waals surface area (Å²) in [6.07, 6.45) is 3.46. The van der Waals surface area contributed by atoms with Gasteiger partial charge in [-0.1, -0.05) is 6.92 Å². The van der Waals surface area contributed by atoms with E-state index in [2.05, 4.69) is 5.10 Å². The molecule has 0 aliphatic carbocycles. The van der Waals surface area contributed by atoms with E-state index < -0.39 is 0 Å². The maximum atomic E-state index is 12.1. The van der Waals surface area contributed by atoms with Gasteiger partial charge in [0.25, 0.3) is 0 Å². The standard InChI is InChI=1S/C11H16N2O2/c1-3-10-9(6-13(2)12-10)11(14)8-4-5-15-7-8/h6,8H,3-5,7H2,1-2H3. The minimum Gasteiger partial charge on any atom is -0.381 e. The number of ketones is 1. The number of rotatable bonds is 3. The van der Waals surface area contributed by atoms with E-state index in [0.29, 0.717) is 13.2 Å². The maximum Gasteiger partial charge on any atom is 0.171 e. The molecule has 1 aromatic heterocycles. The molecule has 0 amide bonds. The molecule has 2 rings (SSSR count). The van der Waals surface area contributed by atoms with Crippen LogP contribution in [0.5, 0.6) is 0 Å². The van der Waals surface area contributed by atoms with Crippen LogP contribution in [0.15, 0.2) is 6.20 Å². The van der Waals surface area contributed by atoms with Crippen LogP contribution in [0, 0.1) is 5.92 Å². The minimum absolute atomic E-state index is 0.0412. The molecule has 1 aromatic rings. The molecule has 1 saturated heterocycles. The molecule has 1 atom stereocenters. The van der Waals surface area contributed by atoms with Crippen molar-refractivity contribution >= 4 is 5.78 Å². The average molecular weight is 208 g/mol. The highest BCUT2D eigenvalue weighted by Gasteiger charge is 2.27. The molecule has 1 unspecified atom stereocenters. The van der Waals surface area contributed by atoms with Crippen LogP contribution in [-0.2, 0) is 18.2 Å². The van der Waals surface area contributed by atoms with E-state index in [-0.39, 0.29) is 11.7 Å². The molecular weight excluding hydrogens is 192 g/mol. The first kappa shape index (κ1) is 10.4. The lowest BCUT2D eigenvalue weighted by Crippen LogP contribution is -2.15. The van der Waals surface area contributed by atoms with Gasteiger partial charge in [-0.25, -0.2) is 0 Å². The van der Waals surface area contributed by atoms with Gasteiger partial charge >= 0.3 is 0 Å². The Labute approximate surface area is 89.2 Å². The summed E-state index contributed by atoms with van der Waals surface area (Å²) in [6, 6.07) is 0. The highest BCUT2D eigenvalue weighted by atomic mass is 16.5. The van der Waals surface area contributed by atoms with Crippen LogP contribution >= 0.6 is 0 Å². The number of Topliss-reactive ketones (excluding diaryl/α,β-unsaturated/α-hetero) is 1. The van der Waals surface area contributed by atoms with Gasteiger partial charge in [0.15, 0.2) is 5.78 Å². The smallest absolute Gasteiger partial charge is 0.171 e. The van der Waals surface area contributed by atoms with Crippen molar-refractivity contribution in [1.82, 2.24) is 9.78 Å². The molecule has 0 N–H and O–H groups in total. The van der Waals surface area contributed by atoms with E-state index in [0.717, 1.165) is 24.1 Å². The van der Waals surface area contributed by atoms with Gasteiger partial charge in [0.05, 0.1) is 17.9 Å². The number of aryl methyl sites for hydroxylation is 2. The van der Waals surface area contributed by atoms with Crippen LogP contribution in [0.25, 0.3) is 0 Å². The van der Waals surface area contributed by atoms with Gasteiger partial charge in [0.1, 0.15) is 0 Å². The van der Waals surface area contributed by atoms with Gasteiger partial charge in [-0.3, -0.25) is 9.48 Å². The third kappa shape index (κ3) is 1.95. The second-order valence-electron chi connectivity index (χ2n) is 3.94. The molecule has 82 valence electrons. The van der Waals surface area contributed by atoms with Gasteiger partial charge < -0.3 is 4.74 Å². The van der Waals surface area contributed by atoms with Gasteiger partial charge in [-0.05, 0) is 12.8 Å². The van der Waals surface area contributed by atoms with Crippen LogP contribution in [0.3, 0.4) is 0 Å². The van der Waals surface area contributed by atoms with Crippen molar-refractivity contribution in [3.05, 3.63) is 17.5 Å². The van der Waals surface area contributed by atoms with Gasteiger partial charge in [-0.2, -0.15) is 5.10 Å². The molecule has 1 aliphatic rings. The lowest BCUT2D eigenvalue weighted by atomic mass is 9.97. The van der Waals surface area contributed by atoms with E-state index >= 15 is 0 Å². The van der Waals surface area contributed by atoms with Crippen molar-refractivity contribution in [3.63, 3.8) is 0 Å². The third-order valence-electron chi connectivity index (χ3n) is 2.81. The Bertz CT molecular complexity index is 365. The van der Waals surface area contributed by atoms with Crippen LogP contribution in [0.1, 0.15) is 29.4 Å². The summed E-state index contributed by atoms with van der Waals surface area (Å²) >= 11 is 0. The zero-order valence-electron chi connectivity index (χ0n) is 9.19. The summed E-state index contributed by atoms with van der Waals surface area (Å²) < 4.78 is 6.94. The fourth-order valence-corrected chi connectivity index (χ4v) is 1.96. The lowest BCUT2D eigenvalue weighted by molar-refractivity contribution is 0.0899. The average Bonchev–Trinajstić information content (AvgIpc) is 2.84. The van der Waals surface area contributed by atoms with Gasteiger partial charge in [0.2, 0.25) is 0 Å². The monoisotopic (exact) mass is 208 g/mol. The second kappa shape index (κ2) is 4.14. The fraction of sp³-hybridized carbons (Fsp3) is 0.636. The van der Waals surface area contributed by atoms with Gasteiger partial charge in [-0.15, -0.1) is 0 Å². The number of hydrogen-bond acceptors (Lipinski definition) is 3. The normalized spacial score (nSPS) is 20.8. The van der Waals surface area contributed by atoms with Crippen LogP contribution in [0.4, 0.5) is 0 Å². The number of nitrogens with zero attached hydrogens (tertiary/aromatic N) is 2. The molecular formula is C11H16N2O2. The number of hydrogen-bond donors (Lipinski definition) is 0. The molecule has 0 bridgehead atoms. The van der Waals surface area contributed by atoms with Crippen molar-refractivity contribution in [2.45, 2.75) is 19.8 Å². The van der Waals surface area contributed by atoms with Crippen molar-refractivity contribution in [2.75, 3.05) is 13.2 Å². The molecule has 4 heteroatoms. The molecule has 0 aromatic carbocycles. The quantitative estimate of drug-likeness (QED) is 0.701. The van der Waals surface area contributed by atoms with Crippen LogP contribution in [0.2, 0.25) is 0 Å². The molecule has 1 fully saturated rings. The third-order valence-corrected chi connectivity index (χ3v) is 2.81. The largest absolute Gasteiger partial charge is 0.381 e. The summed E-state index contributed by atoms with van der Waals surface area (Å²) in [7, 11) is 1.85. The number of carbonyl (C=O) groups is 1. The zero-order chi connectivity index (χ0) is 10.8. The lowest BCUT2D eigenvalue weighted by Gasteiger charge is -2.04. The Hall–Kier alpha value is -1.16. The predicted octanol–water partition coefficient (Wildman–Crippen LogP) is 1.20. The fourth-order valence-electron chi connectivity index (χ4n) is 1.96. The summed E-state index contributed by atoms with van der Waals surface area (Å²) in [4.78, 5) is 12.1. The highest BCUT2D eigenvalue weighted by molar-refractivity contribution is 5.98. The Morgan fingerprint density at radius 3 is 3.13 bits per heavy atom. The van der Waals surface area contributed by atoms with Crippen molar-refractivity contribution in [3.8, 4) is 0 Å². The molecule has 15 heavy (non-hydrogen) atoms. The van der Waals surface area contributed by atoms with Crippen LogP contribution in [-0.4, -0.2) is 28.8 Å². The molecule has 4 nitrogen and oxygen atoms in total. The number of carbonyl (C=O) groups excluding carboxylic acids is 1. The molecule has 0 radical (unpaired) electrons. The first-order valence-corrected chi connectivity index (χ1v) is 5.37. The molecule has 2 heterocycles. The van der Waals surface area contributed by atoms with E-state index in [1.54, 1.807) is 4.68 Å². The summed E-state index contributed by atoms with van der Waals surface area (Å²) in [5.41, 5.74) is 1.67. The SMILES string of the molecule is CCc1nn(C)cc1C(=O)C1CCOC1. The van der Waals surface area contributed by atoms with Crippen LogP contribution < -0.4 is 0 Å². The predicted molar refractivity (Wildman–Crippen MR) is 55.8 cm³/mol. The Morgan fingerprint density at radius 2 is 2.53 bits per heavy atom. The number of aromatic nitrogens is 2. The van der Waals surface area contributed by atoms with E-state index in [9.17, 15) is 4.79 Å². The van der Waals surface area contributed by atoms with Crippen molar-refractivity contribution in [1.29, 1.82) is 0 Å². The zero-order valence-corrected chi connectivity index (χ0v) is 9.19. The molecule has 1 aliphatic heterocycles. The Morgan fingerprint density at radius 1 is 1.73 bits per heavy atom. The van der Waals surface area contributed by atoms with Gasteiger partial charge in [0, 0.05) is 25.8 Å². The summed E-state index contributed by atoms with van der Waals surface area (Å²) in [6.45, 7) is 3.29. The molecule has 0 spiro atoms.